The number of ether oxygens (including phenoxy) is 22. The van der Waals surface area contributed by atoms with E-state index in [9.17, 15) is 28.8 Å². The number of likely N-dealkylation sites (N-methyl/N-ethyl adjacent to an activating group) is 4. The zero-order valence-corrected chi connectivity index (χ0v) is 79.9. The van der Waals surface area contributed by atoms with Crippen molar-refractivity contribution < 1.29 is 138 Å². The van der Waals surface area contributed by atoms with E-state index in [-0.39, 0.29) is 57.0 Å². The number of ketones is 1. The quantitative estimate of drug-likeness (QED) is 0.00617. The number of rotatable bonds is 79. The van der Waals surface area contributed by atoms with Gasteiger partial charge < -0.3 is 146 Å². The Morgan fingerprint density at radius 2 is 0.574 bits per heavy atom. The van der Waals surface area contributed by atoms with E-state index >= 15 is 0 Å². The number of azide groups is 2. The number of alkyl carbamates (subject to hydrolysis) is 2. The van der Waals surface area contributed by atoms with Gasteiger partial charge in [0.1, 0.15) is 25.6 Å². The molecule has 0 heterocycles. The summed E-state index contributed by atoms with van der Waals surface area (Å²) in [7, 11) is 10.2. The SMILES string of the molecule is CCCOCCOCCN=[N+]=[N-].CCCOCCOCCN=[N+]=[N-].CCCOCCOCCNC.CCCOCCOCCNC(=O)OCc1ccccc1.CCCOCCOCCNC(=O)OCc1ccccc1.CNCCOCCOCCC(=O)OC.CNCCOCCOCCC(C)=O.COC(=O)CCOCCOCCC(=O)O.[C-]#[N+]CCOCCOCCNC. The van der Waals surface area contributed by atoms with Crippen LogP contribution < -0.4 is 31.9 Å². The lowest BCUT2D eigenvalue weighted by atomic mass is 10.2. The molecule has 0 aliphatic heterocycles. The summed E-state index contributed by atoms with van der Waals surface area (Å²) in [5.41, 5.74) is 17.8. The first-order valence-corrected chi connectivity index (χ1v) is 44.1. The molecule has 0 saturated heterocycles. The first-order valence-electron chi connectivity index (χ1n) is 44.1. The topological polar surface area (TPSA) is 500 Å². The fourth-order valence-electron chi connectivity index (χ4n) is 7.62. The Hall–Kier alpha value is -7.71. The molecule has 0 aliphatic carbocycles. The number of hydrogen-bond acceptors (Lipinski definition) is 34. The van der Waals surface area contributed by atoms with Crippen LogP contribution in [0.25, 0.3) is 25.7 Å². The first kappa shape index (κ1) is 134. The first-order chi connectivity index (χ1) is 63.1. The van der Waals surface area contributed by atoms with Gasteiger partial charge in [-0.15, -0.1) is 0 Å². The molecule has 2 aromatic rings. The van der Waals surface area contributed by atoms with Crippen molar-refractivity contribution in [2.24, 2.45) is 10.2 Å². The summed E-state index contributed by atoms with van der Waals surface area (Å²) in [6, 6.07) is 19.1. The second kappa shape index (κ2) is 129. The maximum absolute atomic E-state index is 11.4. The van der Waals surface area contributed by atoms with Gasteiger partial charge in [0.05, 0.1) is 232 Å². The number of esters is 2. The molecule has 0 saturated carbocycles. The number of nitrogens with zero attached hydrogens (tertiary/aromatic N) is 7. The number of Topliss-reactive ketones (excluding diaryl/α,β-unsaturated/α-hetero) is 1. The maximum Gasteiger partial charge on any atom is 0.407 e. The Labute approximate surface area is 768 Å². The summed E-state index contributed by atoms with van der Waals surface area (Å²) in [4.78, 5) is 72.9. The minimum absolute atomic E-state index is 0.0117. The second-order valence-electron chi connectivity index (χ2n) is 25.5. The van der Waals surface area contributed by atoms with Crippen LogP contribution in [-0.4, -0.2) is 380 Å². The number of carboxylic acid groups (broad SMARTS) is 1. The lowest BCUT2D eigenvalue weighted by molar-refractivity contribution is -0.142. The molecule has 0 bridgehead atoms. The van der Waals surface area contributed by atoms with Crippen LogP contribution in [0.3, 0.4) is 0 Å². The number of hydrogen-bond donors (Lipinski definition) is 7. The Balaban J connectivity index is -0.000000262. The van der Waals surface area contributed by atoms with E-state index < -0.39 is 18.2 Å². The third kappa shape index (κ3) is 144. The number of amides is 2. The van der Waals surface area contributed by atoms with Crippen molar-refractivity contribution in [1.82, 2.24) is 31.9 Å². The van der Waals surface area contributed by atoms with Crippen LogP contribution in [0.15, 0.2) is 70.9 Å². The van der Waals surface area contributed by atoms with Crippen LogP contribution in [0.1, 0.15) is 110 Å². The van der Waals surface area contributed by atoms with Crippen LogP contribution in [-0.2, 0) is 137 Å². The summed E-state index contributed by atoms with van der Waals surface area (Å²) in [6.45, 7) is 45.1. The maximum atomic E-state index is 11.4. The molecule has 2 amide bonds. The molecule has 0 unspecified atom stereocenters. The van der Waals surface area contributed by atoms with Crippen LogP contribution in [0.2, 0.25) is 0 Å². The van der Waals surface area contributed by atoms with Crippen LogP contribution in [0.4, 0.5) is 9.59 Å². The lowest BCUT2D eigenvalue weighted by Crippen LogP contribution is -2.28. The number of aliphatic carboxylic acids is 1. The second-order valence-corrected chi connectivity index (χ2v) is 25.5. The average molecular weight is 1860 g/mol. The fourth-order valence-corrected chi connectivity index (χ4v) is 7.62. The monoisotopic (exact) mass is 1860 g/mol. The standard InChI is InChI=1S/2C15H23NO4.C9H19NO4.C9H19NO3.C9H16O6.C8H16N2O2.C8H19NO2.2C7H15N3O2/c2*1-2-9-18-11-12-19-10-8-16-15(17)20-13-14-6-4-3-5-7-14;1-10-4-6-14-8-7-13-5-3-9(11)12-2;1-9(11)3-5-12-7-8-13-6-4-10-2;1-13-9(12)3-5-15-7-6-14-4-2-8(10)11;1-9-3-5-11-7-8-12-6-4-10-2;1-3-5-10-7-8-11-6-4-9-2;2*1-2-4-11-6-7-12-5-3-9-10-8/h2*3-7H,2,8-13H2,1H3,(H,16,17);10H,3-8H2,1-2H3;10H,3-8H2,1-2H3;2-7H2,1H3,(H,10,11);9H,3-8H2,1H3;9H,3-8H2,1-2H3;2*2-7H2,1H3. The zero-order chi connectivity index (χ0) is 96.6. The molecule has 0 fully saturated rings. The predicted molar refractivity (Wildman–Crippen MR) is 491 cm³/mol. The largest absolute Gasteiger partial charge is 0.481 e. The Morgan fingerprint density at radius 1 is 0.333 bits per heavy atom. The van der Waals surface area contributed by atoms with E-state index in [0.717, 1.165) is 116 Å². The molecule has 2 aromatic carbocycles. The van der Waals surface area contributed by atoms with Crippen molar-refractivity contribution in [3.8, 4) is 0 Å². The number of nitrogens with one attached hydrogen (secondary N) is 6. The van der Waals surface area contributed by atoms with Crippen molar-refractivity contribution in [3.05, 3.63) is 104 Å². The molecule has 42 nitrogen and oxygen atoms in total. The van der Waals surface area contributed by atoms with Crippen molar-refractivity contribution in [1.29, 1.82) is 0 Å². The number of carboxylic acids is 1. The smallest absolute Gasteiger partial charge is 0.407 e. The van der Waals surface area contributed by atoms with Crippen molar-refractivity contribution >= 4 is 35.9 Å². The fraction of sp³-hybridized carbons (Fsp3) is 0.782. The highest BCUT2D eigenvalue weighted by Gasteiger charge is 2.06. The van der Waals surface area contributed by atoms with Gasteiger partial charge in [-0.1, -0.05) is 106 Å². The Morgan fingerprint density at radius 3 is 0.814 bits per heavy atom. The zero-order valence-electron chi connectivity index (χ0n) is 79.9. The number of benzene rings is 2. The van der Waals surface area contributed by atoms with E-state index in [1.165, 1.54) is 14.2 Å². The van der Waals surface area contributed by atoms with Gasteiger partial charge in [0.15, 0.2) is 0 Å². The molecule has 0 radical (unpaired) electrons. The molecule has 129 heavy (non-hydrogen) atoms. The molecule has 0 spiro atoms. The van der Waals surface area contributed by atoms with Crippen LogP contribution >= 0.6 is 0 Å². The predicted octanol–water partition coefficient (Wildman–Crippen LogP) is 9.08. The summed E-state index contributed by atoms with van der Waals surface area (Å²) in [5.74, 6) is -1.29. The highest BCUT2D eigenvalue weighted by Crippen LogP contribution is 2.02. The molecule has 42 heteroatoms. The molecular weight excluding hydrogens is 1690 g/mol. The van der Waals surface area contributed by atoms with E-state index in [1.54, 1.807) is 6.92 Å². The van der Waals surface area contributed by atoms with Gasteiger partial charge in [0.25, 0.3) is 0 Å². The van der Waals surface area contributed by atoms with Gasteiger partial charge in [-0.25, -0.2) is 16.2 Å². The number of methoxy groups -OCH3 is 2. The third-order valence-electron chi connectivity index (χ3n) is 14.1. The van der Waals surface area contributed by atoms with Gasteiger partial charge in [-0.2, -0.15) is 0 Å². The molecule has 0 aromatic heterocycles. The van der Waals surface area contributed by atoms with E-state index in [4.69, 9.17) is 117 Å². The minimum Gasteiger partial charge on any atom is -0.481 e. The highest BCUT2D eigenvalue weighted by atomic mass is 16.6. The normalized spacial score (nSPS) is 10.0. The Bertz CT molecular complexity index is 2620. The van der Waals surface area contributed by atoms with Gasteiger partial charge in [0, 0.05) is 102 Å². The molecule has 2 rings (SSSR count). The average Bonchev–Trinajstić information content (AvgIpc) is 0.957. The van der Waals surface area contributed by atoms with Crippen LogP contribution in [0.5, 0.6) is 0 Å². The van der Waals surface area contributed by atoms with Crippen molar-refractivity contribution in [2.75, 3.05) is 339 Å². The van der Waals surface area contributed by atoms with Gasteiger partial charge in [0.2, 0.25) is 6.54 Å². The van der Waals surface area contributed by atoms with Crippen molar-refractivity contribution in [2.45, 2.75) is 113 Å². The van der Waals surface area contributed by atoms with Gasteiger partial charge >= 0.3 is 30.1 Å². The Kier molecular flexibility index (Phi) is 134. The number of carbonyl (C=O) groups is 6. The summed E-state index contributed by atoms with van der Waals surface area (Å²) < 4.78 is 112. The van der Waals surface area contributed by atoms with Gasteiger partial charge in [-0.05, 0) is 89.4 Å². The summed E-state index contributed by atoms with van der Waals surface area (Å²) in [5, 5.41) is 32.1. The molecule has 0 atom stereocenters. The molecule has 7 N–H and O–H groups in total. The van der Waals surface area contributed by atoms with Gasteiger partial charge in [-0.3, -0.25) is 19.2 Å². The summed E-state index contributed by atoms with van der Waals surface area (Å²) in [6.07, 6.45) is 5.29. The highest BCUT2D eigenvalue weighted by molar-refractivity contribution is 5.75. The van der Waals surface area contributed by atoms with E-state index in [2.05, 4.69) is 101 Å². The minimum atomic E-state index is -0.887. The lowest BCUT2D eigenvalue weighted by Gasteiger charge is -2.08. The molecule has 0 aliphatic rings. The van der Waals surface area contributed by atoms with E-state index in [1.807, 2.05) is 88.9 Å². The van der Waals surface area contributed by atoms with Crippen LogP contribution in [0, 0.1) is 6.57 Å². The third-order valence-corrected chi connectivity index (χ3v) is 14.1. The molecular formula is C87H165N13O29. The van der Waals surface area contributed by atoms with E-state index in [0.29, 0.717) is 224 Å². The number of carbonyl (C=O) groups excluding carboxylic acids is 5. The molecule has 752 valence electrons. The summed E-state index contributed by atoms with van der Waals surface area (Å²) >= 11 is 0. The van der Waals surface area contributed by atoms with Crippen molar-refractivity contribution in [3.63, 3.8) is 0 Å².